The highest BCUT2D eigenvalue weighted by molar-refractivity contribution is 6.07. The van der Waals surface area contributed by atoms with Crippen molar-refractivity contribution in [2.24, 2.45) is 5.92 Å². The predicted molar refractivity (Wildman–Crippen MR) is 110 cm³/mol. The van der Waals surface area contributed by atoms with Crippen molar-refractivity contribution in [2.45, 2.75) is 38.1 Å². The van der Waals surface area contributed by atoms with Crippen LogP contribution in [-0.4, -0.2) is 35.6 Å². The Kier molecular flexibility index (Phi) is 4.28. The lowest BCUT2D eigenvalue weighted by Gasteiger charge is -2.29. The maximum Gasteiger partial charge on any atom is 0.291 e. The van der Waals surface area contributed by atoms with Crippen LogP contribution in [0.5, 0.6) is 0 Å². The molecular weight excluding hydrogens is 366 g/mol. The van der Waals surface area contributed by atoms with Gasteiger partial charge < -0.3 is 14.9 Å². The molecule has 0 spiro atoms. The molecule has 3 N–H and O–H groups in total. The second kappa shape index (κ2) is 7.09. The van der Waals surface area contributed by atoms with Crippen LogP contribution in [0.2, 0.25) is 0 Å². The number of aromatic nitrogens is 6. The summed E-state index contributed by atoms with van der Waals surface area (Å²) in [5, 5.41) is 10.4. The second-order valence-electron chi connectivity index (χ2n) is 7.56. The van der Waals surface area contributed by atoms with Gasteiger partial charge in [0.25, 0.3) is 5.91 Å². The Hall–Kier alpha value is -3.60. The zero-order valence-electron chi connectivity index (χ0n) is 15.9. The van der Waals surface area contributed by atoms with E-state index in [0.29, 0.717) is 17.4 Å². The smallest absolute Gasteiger partial charge is 0.291 e. The average molecular weight is 387 g/mol. The Labute approximate surface area is 167 Å². The lowest BCUT2D eigenvalue weighted by molar-refractivity contribution is 0.100. The summed E-state index contributed by atoms with van der Waals surface area (Å²) in [6.45, 7) is 0. The summed E-state index contributed by atoms with van der Waals surface area (Å²) in [5.41, 5.74) is 3.08. The quantitative estimate of drug-likeness (QED) is 0.465. The molecule has 146 valence electrons. The van der Waals surface area contributed by atoms with Crippen LogP contribution in [0.4, 0.5) is 5.69 Å². The number of terminal acetylenes is 1. The van der Waals surface area contributed by atoms with E-state index in [9.17, 15) is 4.79 Å². The molecule has 0 radical (unpaired) electrons. The Morgan fingerprint density at radius 1 is 1.31 bits per heavy atom. The third-order valence-corrected chi connectivity index (χ3v) is 5.78. The molecule has 0 saturated heterocycles. The number of carbonyl (C=O) groups is 1. The van der Waals surface area contributed by atoms with Crippen LogP contribution in [0, 0.1) is 18.3 Å². The fourth-order valence-corrected chi connectivity index (χ4v) is 4.39. The maximum absolute atomic E-state index is 13.1. The van der Waals surface area contributed by atoms with E-state index in [2.05, 4.69) is 41.0 Å². The highest BCUT2D eigenvalue weighted by Gasteiger charge is 2.29. The molecule has 29 heavy (non-hydrogen) atoms. The minimum Gasteiger partial charge on any atom is -0.346 e. The molecule has 8 nitrogen and oxygen atoms in total. The van der Waals surface area contributed by atoms with Crippen LogP contribution < -0.4 is 5.32 Å². The number of amides is 1. The molecule has 1 aliphatic rings. The number of carbonyl (C=O) groups excluding carboxylic acids is 1. The average Bonchev–Trinajstić information content (AvgIpc) is 3.47. The van der Waals surface area contributed by atoms with Gasteiger partial charge in [-0.3, -0.25) is 9.89 Å². The van der Waals surface area contributed by atoms with Crippen molar-refractivity contribution in [2.75, 3.05) is 5.32 Å². The van der Waals surface area contributed by atoms with E-state index in [1.54, 1.807) is 18.6 Å². The van der Waals surface area contributed by atoms with Crippen molar-refractivity contribution < 1.29 is 4.79 Å². The van der Waals surface area contributed by atoms with Crippen LogP contribution in [0.25, 0.3) is 22.1 Å². The number of anilines is 1. The minimum atomic E-state index is -0.253. The van der Waals surface area contributed by atoms with Crippen molar-refractivity contribution in [3.63, 3.8) is 0 Å². The van der Waals surface area contributed by atoms with Crippen LogP contribution in [0.15, 0.2) is 30.9 Å². The first-order valence-corrected chi connectivity index (χ1v) is 9.82. The minimum absolute atomic E-state index is 0.194. The van der Waals surface area contributed by atoms with Gasteiger partial charge in [-0.25, -0.2) is 9.97 Å². The van der Waals surface area contributed by atoms with Gasteiger partial charge in [0.2, 0.25) is 5.82 Å². The van der Waals surface area contributed by atoms with Crippen LogP contribution >= 0.6 is 0 Å². The van der Waals surface area contributed by atoms with Crippen molar-refractivity contribution in [1.29, 1.82) is 0 Å². The molecule has 0 unspecified atom stereocenters. The molecule has 1 saturated carbocycles. The Bertz CT molecular complexity index is 1200. The lowest BCUT2D eigenvalue weighted by Crippen LogP contribution is -2.24. The summed E-state index contributed by atoms with van der Waals surface area (Å²) >= 11 is 0. The van der Waals surface area contributed by atoms with Gasteiger partial charge in [-0.1, -0.05) is 0 Å². The van der Waals surface area contributed by atoms with Crippen molar-refractivity contribution in [3.8, 4) is 12.3 Å². The molecule has 4 aromatic heterocycles. The van der Waals surface area contributed by atoms with Gasteiger partial charge in [-0.05, 0) is 37.7 Å². The monoisotopic (exact) mass is 387 g/mol. The van der Waals surface area contributed by atoms with Gasteiger partial charge in [0, 0.05) is 30.2 Å². The van der Waals surface area contributed by atoms with Gasteiger partial charge in [0.1, 0.15) is 11.2 Å². The number of nitrogens with one attached hydrogen (secondary N) is 3. The van der Waals surface area contributed by atoms with Crippen LogP contribution in [0.3, 0.4) is 0 Å². The summed E-state index contributed by atoms with van der Waals surface area (Å²) in [6, 6.07) is 2.18. The topological polar surface area (TPSA) is 104 Å². The number of rotatable bonds is 4. The lowest BCUT2D eigenvalue weighted by atomic mass is 9.84. The Balaban J connectivity index is 1.60. The number of hydrogen-bond donors (Lipinski definition) is 3. The highest BCUT2D eigenvalue weighted by atomic mass is 16.2. The van der Waals surface area contributed by atoms with Gasteiger partial charge in [0.05, 0.1) is 23.6 Å². The number of aromatic amines is 2. The highest BCUT2D eigenvalue weighted by Crippen LogP contribution is 2.38. The molecule has 0 atom stereocenters. The van der Waals surface area contributed by atoms with E-state index >= 15 is 0 Å². The number of nitrogens with zero attached hydrogens (tertiary/aromatic N) is 4. The third-order valence-electron chi connectivity index (χ3n) is 5.78. The first-order chi connectivity index (χ1) is 14.2. The molecule has 0 aromatic carbocycles. The van der Waals surface area contributed by atoms with E-state index < -0.39 is 0 Å². The van der Waals surface area contributed by atoms with E-state index in [4.69, 9.17) is 6.42 Å². The molecule has 0 bridgehead atoms. The zero-order valence-corrected chi connectivity index (χ0v) is 15.9. The summed E-state index contributed by atoms with van der Waals surface area (Å²) in [6.07, 6.45) is 17.2. The molecule has 0 aliphatic heterocycles. The Morgan fingerprint density at radius 2 is 2.17 bits per heavy atom. The zero-order chi connectivity index (χ0) is 19.8. The molecule has 8 heteroatoms. The van der Waals surface area contributed by atoms with E-state index in [0.717, 1.165) is 54.2 Å². The van der Waals surface area contributed by atoms with Gasteiger partial charge >= 0.3 is 0 Å². The number of fused-ring (bicyclic) bond motifs is 3. The maximum atomic E-state index is 13.1. The van der Waals surface area contributed by atoms with Crippen molar-refractivity contribution in [1.82, 2.24) is 29.7 Å². The summed E-state index contributed by atoms with van der Waals surface area (Å²) in [4.78, 5) is 25.4. The van der Waals surface area contributed by atoms with Gasteiger partial charge in [-0.2, -0.15) is 5.10 Å². The molecule has 1 fully saturated rings. The van der Waals surface area contributed by atoms with Gasteiger partial charge in [0.15, 0.2) is 0 Å². The molecule has 4 aromatic rings. The largest absolute Gasteiger partial charge is 0.346 e. The number of H-pyrrole nitrogens is 2. The molecule has 5 rings (SSSR count). The van der Waals surface area contributed by atoms with E-state index in [-0.39, 0.29) is 11.9 Å². The second-order valence-corrected chi connectivity index (χ2v) is 7.56. The van der Waals surface area contributed by atoms with Crippen LogP contribution in [0.1, 0.15) is 48.8 Å². The van der Waals surface area contributed by atoms with Crippen molar-refractivity contribution in [3.05, 3.63) is 36.7 Å². The Morgan fingerprint density at radius 3 is 2.93 bits per heavy atom. The first-order valence-electron chi connectivity index (χ1n) is 9.82. The summed E-state index contributed by atoms with van der Waals surface area (Å²) < 4.78 is 2.11. The molecule has 1 aliphatic carbocycles. The van der Waals surface area contributed by atoms with E-state index in [1.165, 1.54) is 0 Å². The SMILES string of the molecule is C#CCC1CCC(n2c(C(=O)Nc3cn[nH]c3)nc3cnc4[nH]ccc4c32)CC1. The number of imidazole rings is 1. The molecule has 1 amide bonds. The first kappa shape index (κ1) is 17.5. The fraction of sp³-hybridized carbons (Fsp3) is 0.333. The summed E-state index contributed by atoms with van der Waals surface area (Å²) in [7, 11) is 0. The number of pyridine rings is 1. The van der Waals surface area contributed by atoms with Crippen LogP contribution in [-0.2, 0) is 0 Å². The van der Waals surface area contributed by atoms with Crippen molar-refractivity contribution >= 4 is 33.7 Å². The molecular formula is C21H21N7O. The predicted octanol–water partition coefficient (Wildman–Crippen LogP) is 3.64. The normalized spacial score (nSPS) is 19.4. The standard InChI is InChI=1S/C21H21N7O/c1-2-3-13-4-6-15(7-5-13)28-18-16-8-9-22-19(16)23-12-17(18)27-20(28)21(29)26-14-10-24-25-11-14/h1,8-13,15H,3-7H2,(H,22,23)(H,24,25)(H,26,29). The fourth-order valence-electron chi connectivity index (χ4n) is 4.39. The van der Waals surface area contributed by atoms with Gasteiger partial charge in [-0.15, -0.1) is 12.3 Å². The number of hydrogen-bond acceptors (Lipinski definition) is 4. The summed E-state index contributed by atoms with van der Waals surface area (Å²) in [5.74, 6) is 3.49. The van der Waals surface area contributed by atoms with E-state index in [1.807, 2.05) is 12.3 Å². The molecule has 4 heterocycles. The third kappa shape index (κ3) is 3.05.